The molecule has 1 rings (SSSR count). The number of anilines is 1. The molecule has 0 radical (unpaired) electrons. The van der Waals surface area contributed by atoms with Crippen molar-refractivity contribution in [3.8, 4) is 0 Å². The number of carbonyl (C=O) groups excluding carboxylic acids is 2. The number of amides is 2. The van der Waals surface area contributed by atoms with Gasteiger partial charge in [-0.2, -0.15) is 0 Å². The molecule has 21 heavy (non-hydrogen) atoms. The van der Waals surface area contributed by atoms with Crippen LogP contribution in [0.25, 0.3) is 0 Å². The zero-order valence-corrected chi connectivity index (χ0v) is 13.4. The van der Waals surface area contributed by atoms with Gasteiger partial charge in [0.1, 0.15) is 6.54 Å². The van der Waals surface area contributed by atoms with Crippen molar-refractivity contribution in [2.45, 2.75) is 12.8 Å². The Morgan fingerprint density at radius 2 is 1.57 bits per heavy atom. The monoisotopic (exact) mass is 291 g/mol. The first-order valence-corrected chi connectivity index (χ1v) is 7.12. The second kappa shape index (κ2) is 8.42. The summed E-state index contributed by atoms with van der Waals surface area (Å²) in [5.41, 5.74) is 0.766. The van der Waals surface area contributed by atoms with Gasteiger partial charge in [-0.25, -0.2) is 0 Å². The Balaban J connectivity index is 2.77. The van der Waals surface area contributed by atoms with Gasteiger partial charge in [-0.15, -0.1) is 0 Å². The van der Waals surface area contributed by atoms with E-state index in [0.29, 0.717) is 6.42 Å². The zero-order valence-electron chi connectivity index (χ0n) is 13.4. The van der Waals surface area contributed by atoms with Crippen molar-refractivity contribution in [1.82, 2.24) is 9.80 Å². The van der Waals surface area contributed by atoms with Crippen LogP contribution >= 0.6 is 0 Å². The van der Waals surface area contributed by atoms with Crippen LogP contribution in [0.3, 0.4) is 0 Å². The minimum atomic E-state index is -0.0835. The van der Waals surface area contributed by atoms with Gasteiger partial charge in [0.2, 0.25) is 11.8 Å². The Labute approximate surface area is 127 Å². The molecule has 1 aromatic rings. The van der Waals surface area contributed by atoms with E-state index in [1.54, 1.807) is 19.0 Å². The Kier molecular flexibility index (Phi) is 6.88. The first-order chi connectivity index (χ1) is 9.91. The highest BCUT2D eigenvalue weighted by Crippen LogP contribution is 2.15. The average Bonchev–Trinajstić information content (AvgIpc) is 2.44. The highest BCUT2D eigenvalue weighted by molar-refractivity contribution is 5.98. The largest absolute Gasteiger partial charge is 0.347 e. The van der Waals surface area contributed by atoms with Crippen molar-refractivity contribution in [2.24, 2.45) is 0 Å². The molecule has 0 aromatic heterocycles. The molecule has 0 saturated heterocycles. The molecule has 0 heterocycles. The second-order valence-corrected chi connectivity index (χ2v) is 5.51. The number of nitrogens with zero attached hydrogens (tertiary/aromatic N) is 3. The topological polar surface area (TPSA) is 43.9 Å². The molecule has 0 atom stereocenters. The number of para-hydroxylation sites is 1. The Hall–Kier alpha value is -1.88. The smallest absolute Gasteiger partial charge is 0.242 e. The molecule has 116 valence electrons. The predicted molar refractivity (Wildman–Crippen MR) is 85.3 cm³/mol. The first kappa shape index (κ1) is 17.2. The van der Waals surface area contributed by atoms with Crippen LogP contribution in [0.5, 0.6) is 0 Å². The Morgan fingerprint density at radius 3 is 2.10 bits per heavy atom. The number of benzene rings is 1. The van der Waals surface area contributed by atoms with E-state index in [0.717, 1.165) is 18.7 Å². The van der Waals surface area contributed by atoms with Crippen LogP contribution in [-0.2, 0) is 9.59 Å². The molecule has 0 aliphatic rings. The molecule has 5 nitrogen and oxygen atoms in total. The molecule has 0 N–H and O–H groups in total. The van der Waals surface area contributed by atoms with Gasteiger partial charge in [0.15, 0.2) is 0 Å². The van der Waals surface area contributed by atoms with Gasteiger partial charge >= 0.3 is 0 Å². The van der Waals surface area contributed by atoms with E-state index >= 15 is 0 Å². The van der Waals surface area contributed by atoms with Gasteiger partial charge < -0.3 is 14.7 Å². The molecule has 0 aliphatic carbocycles. The van der Waals surface area contributed by atoms with E-state index in [2.05, 4.69) is 0 Å². The molecule has 2 amide bonds. The molecule has 0 aliphatic heterocycles. The number of likely N-dealkylation sites (N-methyl/N-ethyl adjacent to an activating group) is 1. The summed E-state index contributed by atoms with van der Waals surface area (Å²) in [5, 5.41) is 0. The number of hydrogen-bond acceptors (Lipinski definition) is 3. The summed E-state index contributed by atoms with van der Waals surface area (Å²) in [6, 6.07) is 9.34. The van der Waals surface area contributed by atoms with Gasteiger partial charge in [0.25, 0.3) is 0 Å². The van der Waals surface area contributed by atoms with E-state index in [1.165, 1.54) is 4.90 Å². The van der Waals surface area contributed by atoms with Crippen molar-refractivity contribution in [3.05, 3.63) is 30.3 Å². The van der Waals surface area contributed by atoms with Crippen LogP contribution in [0.2, 0.25) is 0 Å². The Bertz CT molecular complexity index is 458. The van der Waals surface area contributed by atoms with Gasteiger partial charge in [-0.1, -0.05) is 18.2 Å². The summed E-state index contributed by atoms with van der Waals surface area (Å²) >= 11 is 0. The quantitative estimate of drug-likeness (QED) is 0.764. The molecule has 0 spiro atoms. The van der Waals surface area contributed by atoms with Crippen LogP contribution in [0.4, 0.5) is 5.69 Å². The zero-order chi connectivity index (χ0) is 15.8. The lowest BCUT2D eigenvalue weighted by Gasteiger charge is -2.24. The number of rotatable bonds is 7. The van der Waals surface area contributed by atoms with Crippen molar-refractivity contribution in [2.75, 3.05) is 46.2 Å². The van der Waals surface area contributed by atoms with E-state index in [-0.39, 0.29) is 18.4 Å². The summed E-state index contributed by atoms with van der Waals surface area (Å²) in [6.07, 6.45) is 1.22. The van der Waals surface area contributed by atoms with E-state index < -0.39 is 0 Å². The molecular weight excluding hydrogens is 266 g/mol. The maximum Gasteiger partial charge on any atom is 0.242 e. The lowest BCUT2D eigenvalue weighted by Crippen LogP contribution is -2.40. The predicted octanol–water partition coefficient (Wildman–Crippen LogP) is 1.45. The molecule has 0 fully saturated rings. The van der Waals surface area contributed by atoms with Crippen LogP contribution in [0.15, 0.2) is 30.3 Å². The molecule has 0 bridgehead atoms. The fourth-order valence-electron chi connectivity index (χ4n) is 1.89. The lowest BCUT2D eigenvalue weighted by molar-refractivity contribution is -0.129. The van der Waals surface area contributed by atoms with Gasteiger partial charge in [-0.05, 0) is 39.2 Å². The fourth-order valence-corrected chi connectivity index (χ4v) is 1.89. The van der Waals surface area contributed by atoms with Crippen LogP contribution in [-0.4, -0.2) is 62.9 Å². The van der Waals surface area contributed by atoms with Crippen molar-refractivity contribution >= 4 is 17.5 Å². The van der Waals surface area contributed by atoms with Crippen molar-refractivity contribution in [3.63, 3.8) is 0 Å². The summed E-state index contributed by atoms with van der Waals surface area (Å²) in [7, 11) is 7.36. The number of hydrogen-bond donors (Lipinski definition) is 0. The molecular formula is C16H25N3O2. The number of carbonyl (C=O) groups is 2. The molecule has 0 saturated carbocycles. The van der Waals surface area contributed by atoms with E-state index in [4.69, 9.17) is 0 Å². The highest BCUT2D eigenvalue weighted by atomic mass is 16.2. The highest BCUT2D eigenvalue weighted by Gasteiger charge is 2.19. The van der Waals surface area contributed by atoms with Crippen molar-refractivity contribution < 1.29 is 9.59 Å². The maximum atomic E-state index is 12.4. The molecule has 0 unspecified atom stereocenters. The lowest BCUT2D eigenvalue weighted by atomic mass is 10.2. The standard InChI is InChI=1S/C16H25N3O2/c1-17(2)12-8-11-15(20)19(13-16(21)18(3)4)14-9-6-5-7-10-14/h5-7,9-10H,8,11-13H2,1-4H3. The van der Waals surface area contributed by atoms with Crippen molar-refractivity contribution in [1.29, 1.82) is 0 Å². The van der Waals surface area contributed by atoms with E-state index in [9.17, 15) is 9.59 Å². The first-order valence-electron chi connectivity index (χ1n) is 7.12. The fraction of sp³-hybridized carbons (Fsp3) is 0.500. The Morgan fingerprint density at radius 1 is 0.952 bits per heavy atom. The van der Waals surface area contributed by atoms with Gasteiger partial charge in [-0.3, -0.25) is 9.59 Å². The molecule has 5 heteroatoms. The molecule has 1 aromatic carbocycles. The normalized spacial score (nSPS) is 10.5. The third-order valence-corrected chi connectivity index (χ3v) is 3.16. The summed E-state index contributed by atoms with van der Waals surface area (Å²) in [4.78, 5) is 29.5. The minimum absolute atomic E-state index is 0.0155. The summed E-state index contributed by atoms with van der Waals surface area (Å²) in [5.74, 6) is -0.0990. The van der Waals surface area contributed by atoms with E-state index in [1.807, 2.05) is 49.3 Å². The summed E-state index contributed by atoms with van der Waals surface area (Å²) < 4.78 is 0. The maximum absolute atomic E-state index is 12.4. The average molecular weight is 291 g/mol. The third kappa shape index (κ3) is 5.95. The second-order valence-electron chi connectivity index (χ2n) is 5.51. The third-order valence-electron chi connectivity index (χ3n) is 3.16. The SMILES string of the molecule is CN(C)CCCC(=O)N(CC(=O)N(C)C)c1ccccc1. The van der Waals surface area contributed by atoms with Gasteiger partial charge in [0, 0.05) is 26.2 Å². The summed E-state index contributed by atoms with van der Waals surface area (Å²) in [6.45, 7) is 0.938. The van der Waals surface area contributed by atoms with Crippen LogP contribution in [0.1, 0.15) is 12.8 Å². The van der Waals surface area contributed by atoms with Gasteiger partial charge in [0.05, 0.1) is 0 Å². The van der Waals surface area contributed by atoms with Crippen LogP contribution < -0.4 is 4.90 Å². The van der Waals surface area contributed by atoms with Crippen LogP contribution in [0, 0.1) is 0 Å². The minimum Gasteiger partial charge on any atom is -0.347 e.